The average Bonchev–Trinajstić information content (AvgIpc) is 2.52. The molecule has 0 bridgehead atoms. The van der Waals surface area contributed by atoms with Crippen LogP contribution in [0.4, 0.5) is 8.78 Å². The number of nitrogens with two attached hydrogens (primary N) is 1. The van der Waals surface area contributed by atoms with Crippen molar-refractivity contribution in [1.82, 2.24) is 4.98 Å². The summed E-state index contributed by atoms with van der Waals surface area (Å²) in [7, 11) is -4.51. The van der Waals surface area contributed by atoms with Crippen molar-refractivity contribution in [3.8, 4) is 22.4 Å². The lowest BCUT2D eigenvalue weighted by Gasteiger charge is -2.12. The quantitative estimate of drug-likeness (QED) is 0.554. The van der Waals surface area contributed by atoms with E-state index >= 15 is 0 Å². The highest BCUT2D eigenvalue weighted by Crippen LogP contribution is 2.35. The third kappa shape index (κ3) is 3.85. The fourth-order valence-corrected chi connectivity index (χ4v) is 4.50. The van der Waals surface area contributed by atoms with Crippen LogP contribution in [0.25, 0.3) is 22.4 Å². The van der Waals surface area contributed by atoms with Crippen LogP contribution in [0.3, 0.4) is 0 Å². The average molecular weight is 504 g/mol. The maximum absolute atomic E-state index is 14.2. The third-order valence-electron chi connectivity index (χ3n) is 3.54. The Hall–Kier alpha value is -1.68. The van der Waals surface area contributed by atoms with Gasteiger partial charge in [-0.15, -0.1) is 0 Å². The number of primary sulfonamides is 1. The predicted molar refractivity (Wildman–Crippen MR) is 102 cm³/mol. The number of hydrogen-bond donors (Lipinski definition) is 1. The van der Waals surface area contributed by atoms with Crippen LogP contribution in [-0.4, -0.2) is 13.4 Å². The summed E-state index contributed by atoms with van der Waals surface area (Å²) in [5.41, 5.74) is 1.78. The van der Waals surface area contributed by atoms with Gasteiger partial charge in [-0.3, -0.25) is 4.98 Å². The van der Waals surface area contributed by atoms with E-state index in [1.54, 1.807) is 18.3 Å². The molecule has 0 unspecified atom stereocenters. The molecule has 4 nitrogen and oxygen atoms in total. The summed E-state index contributed by atoms with van der Waals surface area (Å²) in [5.74, 6) is -2.51. The number of pyridine rings is 1. The second kappa shape index (κ2) is 7.15. The number of nitrogens with zero attached hydrogens (tertiary/aromatic N) is 1. The van der Waals surface area contributed by atoms with Crippen molar-refractivity contribution < 1.29 is 17.2 Å². The summed E-state index contributed by atoms with van der Waals surface area (Å²) >= 11 is 6.77. The first-order valence-corrected chi connectivity index (χ1v) is 10.2. The highest BCUT2D eigenvalue weighted by Gasteiger charge is 2.22. The standard InChI is InChI=1S/C17H10Br2F2N2O2S/c18-11-4-10(5-12(19)8-11)16-13(2-1-3-23-16)9-6-14(20)17(15(21)7-9)26(22,24)25/h1-8H,(H2,22,24,25). The molecule has 0 saturated heterocycles. The van der Waals surface area contributed by atoms with E-state index in [1.165, 1.54) is 0 Å². The Bertz CT molecular complexity index is 1080. The normalized spacial score (nSPS) is 11.6. The predicted octanol–water partition coefficient (Wildman–Crippen LogP) is 4.87. The maximum atomic E-state index is 14.2. The Kier molecular flexibility index (Phi) is 5.25. The molecule has 0 aliphatic carbocycles. The van der Waals surface area contributed by atoms with Crippen molar-refractivity contribution in [2.45, 2.75) is 4.90 Å². The zero-order valence-electron chi connectivity index (χ0n) is 12.9. The number of rotatable bonds is 3. The number of sulfonamides is 1. The van der Waals surface area contributed by atoms with Crippen molar-refractivity contribution >= 4 is 41.9 Å². The molecule has 0 saturated carbocycles. The fourth-order valence-electron chi connectivity index (χ4n) is 2.55. The lowest BCUT2D eigenvalue weighted by Crippen LogP contribution is -2.16. The van der Waals surface area contributed by atoms with E-state index in [-0.39, 0.29) is 5.56 Å². The van der Waals surface area contributed by atoms with Crippen LogP contribution in [0, 0.1) is 11.6 Å². The Morgan fingerprint density at radius 3 is 2.04 bits per heavy atom. The second-order valence-electron chi connectivity index (χ2n) is 5.37. The summed E-state index contributed by atoms with van der Waals surface area (Å²) in [6.07, 6.45) is 1.55. The minimum Gasteiger partial charge on any atom is -0.256 e. The summed E-state index contributed by atoms with van der Waals surface area (Å²) in [6, 6.07) is 10.6. The molecule has 2 N–H and O–H groups in total. The molecule has 26 heavy (non-hydrogen) atoms. The van der Waals surface area contributed by atoms with Crippen LogP contribution < -0.4 is 5.14 Å². The Balaban J connectivity index is 2.24. The van der Waals surface area contributed by atoms with Gasteiger partial charge < -0.3 is 0 Å². The van der Waals surface area contributed by atoms with Crippen molar-refractivity contribution in [3.63, 3.8) is 0 Å². The molecular formula is C17H10Br2F2N2O2S. The largest absolute Gasteiger partial charge is 0.256 e. The van der Waals surface area contributed by atoms with E-state index < -0.39 is 26.6 Å². The van der Waals surface area contributed by atoms with E-state index in [4.69, 9.17) is 5.14 Å². The van der Waals surface area contributed by atoms with E-state index in [1.807, 2.05) is 18.2 Å². The van der Waals surface area contributed by atoms with E-state index in [2.05, 4.69) is 36.8 Å². The molecule has 0 spiro atoms. The van der Waals surface area contributed by atoms with Crippen molar-refractivity contribution in [1.29, 1.82) is 0 Å². The van der Waals surface area contributed by atoms with E-state index in [9.17, 15) is 17.2 Å². The van der Waals surface area contributed by atoms with Gasteiger partial charge in [0, 0.05) is 26.3 Å². The SMILES string of the molecule is NS(=O)(=O)c1c(F)cc(-c2cccnc2-c2cc(Br)cc(Br)c2)cc1F. The van der Waals surface area contributed by atoms with E-state index in [0.29, 0.717) is 16.8 Å². The van der Waals surface area contributed by atoms with Gasteiger partial charge in [0.15, 0.2) is 4.90 Å². The van der Waals surface area contributed by atoms with Gasteiger partial charge in [-0.1, -0.05) is 37.9 Å². The Labute approximate surface area is 165 Å². The summed E-state index contributed by atoms with van der Waals surface area (Å²) < 4.78 is 52.7. The molecular weight excluding hydrogens is 494 g/mol. The van der Waals surface area contributed by atoms with Gasteiger partial charge in [0.25, 0.3) is 0 Å². The maximum Gasteiger partial charge on any atom is 0.243 e. The van der Waals surface area contributed by atoms with Crippen LogP contribution in [-0.2, 0) is 10.0 Å². The van der Waals surface area contributed by atoms with Gasteiger partial charge in [0.05, 0.1) is 5.69 Å². The highest BCUT2D eigenvalue weighted by atomic mass is 79.9. The highest BCUT2D eigenvalue weighted by molar-refractivity contribution is 9.11. The zero-order chi connectivity index (χ0) is 19.1. The third-order valence-corrected chi connectivity index (χ3v) is 5.41. The van der Waals surface area contributed by atoms with Gasteiger partial charge in [0.1, 0.15) is 11.6 Å². The molecule has 0 atom stereocenters. The van der Waals surface area contributed by atoms with Gasteiger partial charge >= 0.3 is 0 Å². The number of benzene rings is 2. The lowest BCUT2D eigenvalue weighted by molar-refractivity contribution is 0.520. The number of halogens is 4. The van der Waals surface area contributed by atoms with Crippen LogP contribution >= 0.6 is 31.9 Å². The van der Waals surface area contributed by atoms with Gasteiger partial charge in [-0.25, -0.2) is 22.3 Å². The smallest absolute Gasteiger partial charge is 0.243 e. The molecule has 0 aliphatic heterocycles. The molecule has 0 aliphatic rings. The molecule has 3 rings (SSSR count). The Morgan fingerprint density at radius 1 is 0.923 bits per heavy atom. The van der Waals surface area contributed by atoms with Crippen LogP contribution in [0.2, 0.25) is 0 Å². The topological polar surface area (TPSA) is 73.1 Å². The lowest BCUT2D eigenvalue weighted by atomic mass is 9.99. The molecule has 3 aromatic rings. The van der Waals surface area contributed by atoms with Crippen molar-refractivity contribution in [3.05, 3.63) is 69.2 Å². The first-order chi connectivity index (χ1) is 12.2. The summed E-state index contributed by atoms with van der Waals surface area (Å²) in [5, 5.41) is 4.87. The first kappa shape index (κ1) is 19.1. The monoisotopic (exact) mass is 502 g/mol. The van der Waals surface area contributed by atoms with Crippen molar-refractivity contribution in [2.24, 2.45) is 5.14 Å². The summed E-state index contributed by atoms with van der Waals surface area (Å²) in [4.78, 5) is 3.15. The fraction of sp³-hybridized carbons (Fsp3) is 0. The van der Waals surface area contributed by atoms with Crippen molar-refractivity contribution in [2.75, 3.05) is 0 Å². The van der Waals surface area contributed by atoms with Crippen LogP contribution in [0.1, 0.15) is 0 Å². The van der Waals surface area contributed by atoms with Crippen LogP contribution in [0.5, 0.6) is 0 Å². The summed E-state index contributed by atoms with van der Waals surface area (Å²) in [6.45, 7) is 0. The molecule has 1 heterocycles. The first-order valence-electron chi connectivity index (χ1n) is 7.10. The minimum absolute atomic E-state index is 0.145. The molecule has 0 amide bonds. The second-order valence-corrected chi connectivity index (χ2v) is 8.70. The zero-order valence-corrected chi connectivity index (χ0v) is 16.9. The van der Waals surface area contributed by atoms with Crippen LogP contribution in [0.15, 0.2) is 62.5 Å². The van der Waals surface area contributed by atoms with E-state index in [0.717, 1.165) is 21.1 Å². The molecule has 0 radical (unpaired) electrons. The molecule has 134 valence electrons. The van der Waals surface area contributed by atoms with Gasteiger partial charge in [0.2, 0.25) is 10.0 Å². The molecule has 2 aromatic carbocycles. The number of hydrogen-bond acceptors (Lipinski definition) is 3. The minimum atomic E-state index is -4.51. The van der Waals surface area contributed by atoms with Gasteiger partial charge in [-0.2, -0.15) is 0 Å². The van der Waals surface area contributed by atoms with Gasteiger partial charge in [-0.05, 0) is 42.0 Å². The Morgan fingerprint density at radius 2 is 1.50 bits per heavy atom. The molecule has 9 heteroatoms. The number of aromatic nitrogens is 1. The molecule has 0 fully saturated rings. The molecule has 1 aromatic heterocycles.